The van der Waals surface area contributed by atoms with Gasteiger partial charge in [-0.15, -0.1) is 0 Å². The highest BCUT2D eigenvalue weighted by atomic mass is 35.5. The van der Waals surface area contributed by atoms with Crippen LogP contribution in [0.4, 0.5) is 0 Å². The molecule has 0 aliphatic rings. The van der Waals surface area contributed by atoms with Crippen molar-refractivity contribution in [1.82, 2.24) is 14.9 Å². The number of fused-ring (bicyclic) bond motifs is 1. The van der Waals surface area contributed by atoms with Crippen molar-refractivity contribution in [3.8, 4) is 5.75 Å². The molecule has 3 aromatic carbocycles. The number of nitrogens with one attached hydrogen (secondary N) is 1. The normalized spacial score (nSPS) is 11.0. The van der Waals surface area contributed by atoms with Crippen molar-refractivity contribution in [1.29, 1.82) is 0 Å². The topological polar surface area (TPSA) is 56.1 Å². The third-order valence-electron chi connectivity index (χ3n) is 5.50. The number of aromatic nitrogens is 2. The molecule has 0 bridgehead atoms. The number of halogens is 1. The number of hydrogen-bond acceptors (Lipinski definition) is 3. The van der Waals surface area contributed by atoms with Gasteiger partial charge in [0, 0.05) is 6.54 Å². The van der Waals surface area contributed by atoms with Crippen LogP contribution in [0.15, 0.2) is 66.7 Å². The molecule has 5 nitrogen and oxygen atoms in total. The lowest BCUT2D eigenvalue weighted by atomic mass is 10.1. The molecule has 1 aromatic heterocycles. The summed E-state index contributed by atoms with van der Waals surface area (Å²) in [5.41, 5.74) is 4.86. The second-order valence-electron chi connectivity index (χ2n) is 8.21. The van der Waals surface area contributed by atoms with E-state index in [-0.39, 0.29) is 5.91 Å². The van der Waals surface area contributed by atoms with Gasteiger partial charge in [-0.1, -0.05) is 41.9 Å². The number of imidazole rings is 1. The maximum absolute atomic E-state index is 12.6. The fourth-order valence-corrected chi connectivity index (χ4v) is 4.21. The van der Waals surface area contributed by atoms with E-state index in [9.17, 15) is 4.79 Å². The second-order valence-corrected chi connectivity index (χ2v) is 8.62. The molecule has 170 valence electrons. The third-order valence-corrected chi connectivity index (χ3v) is 5.83. The van der Waals surface area contributed by atoms with Gasteiger partial charge in [-0.05, 0) is 74.2 Å². The van der Waals surface area contributed by atoms with E-state index in [1.54, 1.807) is 18.2 Å². The van der Waals surface area contributed by atoms with Crippen LogP contribution in [-0.4, -0.2) is 22.1 Å². The van der Waals surface area contributed by atoms with E-state index in [0.717, 1.165) is 42.0 Å². The number of hydrogen-bond donors (Lipinski definition) is 1. The number of para-hydroxylation sites is 2. The zero-order valence-electron chi connectivity index (χ0n) is 19.0. The van der Waals surface area contributed by atoms with Gasteiger partial charge in [0.05, 0.1) is 34.8 Å². The van der Waals surface area contributed by atoms with Crippen LogP contribution in [0.25, 0.3) is 11.0 Å². The van der Waals surface area contributed by atoms with E-state index >= 15 is 0 Å². The van der Waals surface area contributed by atoms with Gasteiger partial charge < -0.3 is 14.6 Å². The van der Waals surface area contributed by atoms with Crippen molar-refractivity contribution in [3.05, 3.63) is 94.3 Å². The minimum atomic E-state index is -0.207. The molecule has 6 heteroatoms. The minimum Gasteiger partial charge on any atom is -0.494 e. The van der Waals surface area contributed by atoms with Crippen LogP contribution in [0, 0.1) is 13.8 Å². The van der Waals surface area contributed by atoms with Crippen molar-refractivity contribution in [2.75, 3.05) is 6.61 Å². The predicted molar refractivity (Wildman–Crippen MR) is 133 cm³/mol. The van der Waals surface area contributed by atoms with Crippen molar-refractivity contribution < 1.29 is 9.53 Å². The first-order valence-electron chi connectivity index (χ1n) is 11.2. The molecule has 0 aliphatic carbocycles. The molecule has 0 saturated carbocycles. The predicted octanol–water partition coefficient (Wildman–Crippen LogP) is 6.10. The van der Waals surface area contributed by atoms with Crippen molar-refractivity contribution >= 4 is 28.5 Å². The molecule has 1 N–H and O–H groups in total. The molecule has 0 saturated heterocycles. The van der Waals surface area contributed by atoms with Crippen molar-refractivity contribution in [2.45, 2.75) is 39.8 Å². The molecule has 1 heterocycles. The number of ether oxygens (including phenoxy) is 1. The Bertz CT molecular complexity index is 1250. The number of unbranched alkanes of at least 4 members (excludes halogenated alkanes) is 1. The van der Waals surface area contributed by atoms with Gasteiger partial charge in [0.15, 0.2) is 0 Å². The fourth-order valence-electron chi connectivity index (χ4n) is 3.99. The quantitative estimate of drug-likeness (QED) is 0.306. The minimum absolute atomic E-state index is 0.207. The number of carbonyl (C=O) groups is 1. The molecule has 0 spiro atoms. The van der Waals surface area contributed by atoms with Gasteiger partial charge in [-0.2, -0.15) is 0 Å². The number of nitrogens with zero attached hydrogens (tertiary/aromatic N) is 2. The first kappa shape index (κ1) is 22.9. The molecule has 4 rings (SSSR count). The number of aryl methyl sites for hydroxylation is 3. The first-order chi connectivity index (χ1) is 16.0. The van der Waals surface area contributed by atoms with Gasteiger partial charge in [0.25, 0.3) is 5.91 Å². The average molecular weight is 462 g/mol. The Hall–Kier alpha value is -3.31. The summed E-state index contributed by atoms with van der Waals surface area (Å²) in [5.74, 6) is 1.54. The van der Waals surface area contributed by atoms with Crippen LogP contribution in [0.5, 0.6) is 5.75 Å². The second kappa shape index (κ2) is 10.5. The van der Waals surface area contributed by atoms with Gasteiger partial charge in [0.1, 0.15) is 11.6 Å². The van der Waals surface area contributed by atoms with E-state index in [4.69, 9.17) is 21.3 Å². The Morgan fingerprint density at radius 2 is 1.73 bits per heavy atom. The highest BCUT2D eigenvalue weighted by Crippen LogP contribution is 2.19. The number of carbonyl (C=O) groups excluding carboxylic acids is 1. The molecule has 0 radical (unpaired) electrons. The Balaban J connectivity index is 1.38. The Labute approximate surface area is 199 Å². The standard InChI is InChI=1S/C27H28ClN3O2/c1-19-15-20(2)17-21(16-19)33-14-8-7-13-31-25-12-6-5-11-24(25)30-26(31)18-29-27(32)22-9-3-4-10-23(22)28/h3-6,9-12,15-17H,7-8,13-14,18H2,1-2H3,(H,29,32). The highest BCUT2D eigenvalue weighted by Gasteiger charge is 2.14. The molecule has 0 aliphatic heterocycles. The van der Waals surface area contributed by atoms with Crippen LogP contribution >= 0.6 is 11.6 Å². The number of rotatable bonds is 9. The Kier molecular flexibility index (Phi) is 7.30. The highest BCUT2D eigenvalue weighted by molar-refractivity contribution is 6.33. The molecule has 4 aromatic rings. The molecule has 0 atom stereocenters. The van der Waals surface area contributed by atoms with E-state index in [2.05, 4.69) is 48.0 Å². The van der Waals surface area contributed by atoms with E-state index in [0.29, 0.717) is 23.7 Å². The Morgan fingerprint density at radius 3 is 2.52 bits per heavy atom. The van der Waals surface area contributed by atoms with Gasteiger partial charge in [-0.25, -0.2) is 4.98 Å². The van der Waals surface area contributed by atoms with Gasteiger partial charge in [0.2, 0.25) is 0 Å². The molecule has 0 unspecified atom stereocenters. The Morgan fingerprint density at radius 1 is 1.00 bits per heavy atom. The van der Waals surface area contributed by atoms with E-state index < -0.39 is 0 Å². The summed E-state index contributed by atoms with van der Waals surface area (Å²) in [6.07, 6.45) is 1.86. The zero-order chi connectivity index (χ0) is 23.2. The van der Waals surface area contributed by atoms with Gasteiger partial charge >= 0.3 is 0 Å². The van der Waals surface area contributed by atoms with Gasteiger partial charge in [-0.3, -0.25) is 4.79 Å². The first-order valence-corrected chi connectivity index (χ1v) is 11.6. The monoisotopic (exact) mass is 461 g/mol. The summed E-state index contributed by atoms with van der Waals surface area (Å²) in [5, 5.41) is 3.40. The van der Waals surface area contributed by atoms with Crippen molar-refractivity contribution in [2.24, 2.45) is 0 Å². The lowest BCUT2D eigenvalue weighted by molar-refractivity contribution is 0.0949. The summed E-state index contributed by atoms with van der Waals surface area (Å²) in [7, 11) is 0. The van der Waals surface area contributed by atoms with Crippen molar-refractivity contribution in [3.63, 3.8) is 0 Å². The zero-order valence-corrected chi connectivity index (χ0v) is 19.7. The van der Waals surface area contributed by atoms with Crippen LogP contribution in [-0.2, 0) is 13.1 Å². The van der Waals surface area contributed by atoms with Crippen LogP contribution in [0.1, 0.15) is 40.2 Å². The SMILES string of the molecule is Cc1cc(C)cc(OCCCCn2c(CNC(=O)c3ccccc3Cl)nc3ccccc32)c1. The summed E-state index contributed by atoms with van der Waals surface area (Å²) in [6.45, 7) is 5.95. The maximum atomic E-state index is 12.6. The van der Waals surface area contributed by atoms with Crippen LogP contribution in [0.3, 0.4) is 0 Å². The summed E-state index contributed by atoms with van der Waals surface area (Å²) < 4.78 is 8.13. The smallest absolute Gasteiger partial charge is 0.253 e. The molecular formula is C27H28ClN3O2. The summed E-state index contributed by atoms with van der Waals surface area (Å²) in [4.78, 5) is 17.3. The fraction of sp³-hybridized carbons (Fsp3) is 0.259. The summed E-state index contributed by atoms with van der Waals surface area (Å²) in [6, 6.07) is 21.4. The average Bonchev–Trinajstić information content (AvgIpc) is 3.14. The molecule has 33 heavy (non-hydrogen) atoms. The summed E-state index contributed by atoms with van der Waals surface area (Å²) >= 11 is 6.16. The van der Waals surface area contributed by atoms with Crippen LogP contribution < -0.4 is 10.1 Å². The lowest BCUT2D eigenvalue weighted by Gasteiger charge is -2.12. The molecule has 1 amide bonds. The largest absolute Gasteiger partial charge is 0.494 e. The lowest BCUT2D eigenvalue weighted by Crippen LogP contribution is -2.25. The number of benzene rings is 3. The molecule has 0 fully saturated rings. The van der Waals surface area contributed by atoms with Crippen LogP contribution in [0.2, 0.25) is 5.02 Å². The number of amides is 1. The van der Waals surface area contributed by atoms with E-state index in [1.807, 2.05) is 24.3 Å². The molecular weight excluding hydrogens is 434 g/mol. The third kappa shape index (κ3) is 5.74. The maximum Gasteiger partial charge on any atom is 0.253 e. The van der Waals surface area contributed by atoms with E-state index in [1.165, 1.54) is 11.1 Å².